The van der Waals surface area contributed by atoms with Crippen LogP contribution >= 0.6 is 39.1 Å². The molecule has 1 aromatic carbocycles. The summed E-state index contributed by atoms with van der Waals surface area (Å²) < 4.78 is 5.41. The van der Waals surface area contributed by atoms with Crippen molar-refractivity contribution in [2.75, 3.05) is 11.9 Å². The predicted octanol–water partition coefficient (Wildman–Crippen LogP) is 4.16. The van der Waals surface area contributed by atoms with Crippen LogP contribution in [0.15, 0.2) is 18.2 Å². The molecule has 1 aromatic rings. The van der Waals surface area contributed by atoms with Crippen molar-refractivity contribution < 1.29 is 4.74 Å². The third-order valence-electron chi connectivity index (χ3n) is 1.45. The third-order valence-corrected chi connectivity index (χ3v) is 2.81. The van der Waals surface area contributed by atoms with Crippen LogP contribution in [0.3, 0.4) is 0 Å². The van der Waals surface area contributed by atoms with Crippen LogP contribution in [-0.2, 0) is 0 Å². The van der Waals surface area contributed by atoms with E-state index in [4.69, 9.17) is 27.9 Å². The Morgan fingerprint density at radius 2 is 2.08 bits per heavy atom. The summed E-state index contributed by atoms with van der Waals surface area (Å²) in [6.45, 7) is 0.644. The van der Waals surface area contributed by atoms with Crippen molar-refractivity contribution in [3.63, 3.8) is 0 Å². The molecule has 0 aromatic heterocycles. The Morgan fingerprint density at radius 3 is 2.77 bits per heavy atom. The second kappa shape index (κ2) is 5.74. The van der Waals surface area contributed by atoms with E-state index in [2.05, 4.69) is 15.9 Å². The second-order valence-corrected chi connectivity index (χ2v) is 4.02. The predicted molar refractivity (Wildman–Crippen MR) is 60.4 cm³/mol. The first kappa shape index (κ1) is 11.2. The normalized spacial score (nSPS) is 10.1. The highest BCUT2D eigenvalue weighted by atomic mass is 79.9. The van der Waals surface area contributed by atoms with E-state index in [9.17, 15) is 0 Å². The highest BCUT2D eigenvalue weighted by Crippen LogP contribution is 2.31. The summed E-state index contributed by atoms with van der Waals surface area (Å²) in [7, 11) is 0. The first-order chi connectivity index (χ1) is 6.25. The number of halogens is 3. The number of benzene rings is 1. The number of alkyl halides is 1. The third kappa shape index (κ3) is 3.37. The van der Waals surface area contributed by atoms with Gasteiger partial charge >= 0.3 is 0 Å². The molecule has 0 N–H and O–H groups in total. The first-order valence-electron chi connectivity index (χ1n) is 3.88. The van der Waals surface area contributed by atoms with Gasteiger partial charge in [-0.05, 0) is 18.6 Å². The second-order valence-electron chi connectivity index (χ2n) is 2.44. The molecule has 0 spiro atoms. The molecule has 0 aliphatic heterocycles. The van der Waals surface area contributed by atoms with Gasteiger partial charge in [0.25, 0.3) is 0 Å². The van der Waals surface area contributed by atoms with Crippen LogP contribution in [0.4, 0.5) is 0 Å². The minimum Gasteiger partial charge on any atom is -0.492 e. The van der Waals surface area contributed by atoms with Gasteiger partial charge in [0.15, 0.2) is 0 Å². The molecule has 0 heterocycles. The zero-order chi connectivity index (χ0) is 9.68. The molecule has 0 aliphatic rings. The summed E-state index contributed by atoms with van der Waals surface area (Å²) in [4.78, 5) is 0. The molecule has 0 saturated carbocycles. The summed E-state index contributed by atoms with van der Waals surface area (Å²) in [5.41, 5.74) is 0. The van der Waals surface area contributed by atoms with Crippen LogP contribution in [0, 0.1) is 0 Å². The molecule has 1 nitrogen and oxygen atoms in total. The Labute approximate surface area is 96.1 Å². The number of hydrogen-bond acceptors (Lipinski definition) is 1. The van der Waals surface area contributed by atoms with Crippen LogP contribution in [-0.4, -0.2) is 11.9 Å². The maximum atomic E-state index is 5.90. The highest BCUT2D eigenvalue weighted by molar-refractivity contribution is 9.09. The van der Waals surface area contributed by atoms with Crippen molar-refractivity contribution in [2.45, 2.75) is 6.42 Å². The van der Waals surface area contributed by atoms with Crippen LogP contribution in [0.2, 0.25) is 10.0 Å². The lowest BCUT2D eigenvalue weighted by Crippen LogP contribution is -1.98. The molecule has 72 valence electrons. The quantitative estimate of drug-likeness (QED) is 0.596. The van der Waals surface area contributed by atoms with E-state index < -0.39 is 0 Å². The zero-order valence-electron chi connectivity index (χ0n) is 6.90. The van der Waals surface area contributed by atoms with Gasteiger partial charge in [0, 0.05) is 5.33 Å². The van der Waals surface area contributed by atoms with Crippen LogP contribution in [0.25, 0.3) is 0 Å². The van der Waals surface area contributed by atoms with E-state index in [1.165, 1.54) is 0 Å². The van der Waals surface area contributed by atoms with E-state index >= 15 is 0 Å². The van der Waals surface area contributed by atoms with Gasteiger partial charge in [-0.2, -0.15) is 0 Å². The molecule has 0 atom stereocenters. The minimum absolute atomic E-state index is 0.485. The van der Waals surface area contributed by atoms with Crippen molar-refractivity contribution in [1.82, 2.24) is 0 Å². The minimum atomic E-state index is 0.485. The average Bonchev–Trinajstić information content (AvgIpc) is 2.13. The molecule has 0 amide bonds. The summed E-state index contributed by atoms with van der Waals surface area (Å²) in [6.07, 6.45) is 0.947. The van der Waals surface area contributed by atoms with Crippen LogP contribution in [0.5, 0.6) is 5.75 Å². The molecule has 0 bridgehead atoms. The summed E-state index contributed by atoms with van der Waals surface area (Å²) in [6, 6.07) is 5.36. The standard InChI is InChI=1S/C9H9BrCl2O/c10-5-2-6-13-8-4-1-3-7(11)9(8)12/h1,3-4H,2,5-6H2. The summed E-state index contributed by atoms with van der Waals surface area (Å²) in [5.74, 6) is 0.648. The molecule has 0 fully saturated rings. The maximum absolute atomic E-state index is 5.90. The Balaban J connectivity index is 2.61. The van der Waals surface area contributed by atoms with Gasteiger partial charge in [-0.3, -0.25) is 0 Å². The van der Waals surface area contributed by atoms with Crippen molar-refractivity contribution in [3.05, 3.63) is 28.2 Å². The number of rotatable bonds is 4. The number of hydrogen-bond donors (Lipinski definition) is 0. The lowest BCUT2D eigenvalue weighted by molar-refractivity contribution is 0.319. The monoisotopic (exact) mass is 282 g/mol. The molecule has 4 heteroatoms. The molecule has 13 heavy (non-hydrogen) atoms. The molecule has 0 aliphatic carbocycles. The molecular weight excluding hydrogens is 275 g/mol. The van der Waals surface area contributed by atoms with Gasteiger partial charge in [0.05, 0.1) is 11.6 Å². The fourth-order valence-electron chi connectivity index (χ4n) is 0.832. The molecule has 0 saturated heterocycles. The maximum Gasteiger partial charge on any atom is 0.139 e. The molecule has 1 rings (SSSR count). The summed E-state index contributed by atoms with van der Waals surface area (Å²) in [5, 5.41) is 1.93. The average molecular weight is 284 g/mol. The van der Waals surface area contributed by atoms with Crippen LogP contribution < -0.4 is 4.74 Å². The Hall–Kier alpha value is 0.0800. The smallest absolute Gasteiger partial charge is 0.139 e. The molecule has 0 radical (unpaired) electrons. The van der Waals surface area contributed by atoms with E-state index in [0.717, 1.165) is 11.8 Å². The van der Waals surface area contributed by atoms with Gasteiger partial charge in [-0.1, -0.05) is 45.2 Å². The lowest BCUT2D eigenvalue weighted by atomic mass is 10.3. The SMILES string of the molecule is Clc1cccc(OCCCBr)c1Cl. The highest BCUT2D eigenvalue weighted by Gasteiger charge is 2.04. The van der Waals surface area contributed by atoms with Crippen molar-refractivity contribution in [1.29, 1.82) is 0 Å². The van der Waals surface area contributed by atoms with Gasteiger partial charge in [-0.25, -0.2) is 0 Å². The van der Waals surface area contributed by atoms with E-state index in [-0.39, 0.29) is 0 Å². The van der Waals surface area contributed by atoms with E-state index in [0.29, 0.717) is 22.4 Å². The van der Waals surface area contributed by atoms with E-state index in [1.54, 1.807) is 6.07 Å². The van der Waals surface area contributed by atoms with Crippen LogP contribution in [0.1, 0.15) is 6.42 Å². The Kier molecular flexibility index (Phi) is 4.92. The van der Waals surface area contributed by atoms with Crippen molar-refractivity contribution in [3.8, 4) is 5.75 Å². The molecular formula is C9H9BrCl2O. The van der Waals surface area contributed by atoms with Crippen molar-refractivity contribution >= 4 is 39.1 Å². The largest absolute Gasteiger partial charge is 0.492 e. The van der Waals surface area contributed by atoms with Crippen molar-refractivity contribution in [2.24, 2.45) is 0 Å². The first-order valence-corrected chi connectivity index (χ1v) is 5.76. The summed E-state index contributed by atoms with van der Waals surface area (Å²) >= 11 is 15.0. The number of ether oxygens (including phenoxy) is 1. The topological polar surface area (TPSA) is 9.23 Å². The van der Waals surface area contributed by atoms with Gasteiger partial charge in [0.1, 0.15) is 10.8 Å². The Bertz CT molecular complexity index is 278. The van der Waals surface area contributed by atoms with E-state index in [1.807, 2.05) is 12.1 Å². The van der Waals surface area contributed by atoms with Gasteiger partial charge in [-0.15, -0.1) is 0 Å². The Morgan fingerprint density at radius 1 is 1.31 bits per heavy atom. The van der Waals surface area contributed by atoms with Gasteiger partial charge < -0.3 is 4.74 Å². The lowest BCUT2D eigenvalue weighted by Gasteiger charge is -2.07. The zero-order valence-corrected chi connectivity index (χ0v) is 9.99. The fourth-order valence-corrected chi connectivity index (χ4v) is 1.41. The van der Waals surface area contributed by atoms with Gasteiger partial charge in [0.2, 0.25) is 0 Å². The molecule has 0 unspecified atom stereocenters. The fraction of sp³-hybridized carbons (Fsp3) is 0.333.